The Kier molecular flexibility index (Phi) is 4.98. The lowest BCUT2D eigenvalue weighted by molar-refractivity contribution is -0.124. The maximum absolute atomic E-state index is 12.3. The Morgan fingerprint density at radius 2 is 2.00 bits per heavy atom. The van der Waals surface area contributed by atoms with Crippen molar-refractivity contribution in [1.82, 2.24) is 10.5 Å². The number of hydrogen-bond donors (Lipinski definition) is 2. The van der Waals surface area contributed by atoms with E-state index in [0.717, 1.165) is 38.5 Å². The summed E-state index contributed by atoms with van der Waals surface area (Å²) in [7, 11) is 0. The van der Waals surface area contributed by atoms with E-state index >= 15 is 0 Å². The van der Waals surface area contributed by atoms with Gasteiger partial charge < -0.3 is 15.6 Å². The first-order valence-corrected chi connectivity index (χ1v) is 7.65. The summed E-state index contributed by atoms with van der Waals surface area (Å²) < 4.78 is 5.11. The van der Waals surface area contributed by atoms with Gasteiger partial charge in [-0.25, -0.2) is 0 Å². The summed E-state index contributed by atoms with van der Waals surface area (Å²) >= 11 is 0. The second-order valence-electron chi connectivity index (χ2n) is 5.74. The zero-order valence-electron chi connectivity index (χ0n) is 12.5. The van der Waals surface area contributed by atoms with E-state index in [0.29, 0.717) is 18.6 Å². The lowest BCUT2D eigenvalue weighted by atomic mass is 9.89. The average Bonchev–Trinajstić information content (AvgIpc) is 2.78. The zero-order valence-corrected chi connectivity index (χ0v) is 12.5. The fraction of sp³-hybridized carbons (Fsp3) is 0.667. The number of amides is 2. The van der Waals surface area contributed by atoms with Crippen molar-refractivity contribution in [2.75, 3.05) is 0 Å². The minimum atomic E-state index is -0.947. The first kappa shape index (κ1) is 15.5. The highest BCUT2D eigenvalue weighted by atomic mass is 16.5. The molecule has 6 heteroatoms. The van der Waals surface area contributed by atoms with E-state index in [2.05, 4.69) is 10.5 Å². The molecule has 2 rings (SSSR count). The highest BCUT2D eigenvalue weighted by molar-refractivity contribution is 5.97. The molecular formula is C15H23N3O3. The topological polar surface area (TPSA) is 98.2 Å². The quantitative estimate of drug-likeness (QED) is 0.810. The smallest absolute Gasteiger partial charge is 0.274 e. The van der Waals surface area contributed by atoms with Crippen LogP contribution in [0.15, 0.2) is 10.6 Å². The van der Waals surface area contributed by atoms with Gasteiger partial charge in [0.1, 0.15) is 11.3 Å². The van der Waals surface area contributed by atoms with E-state index in [1.807, 2.05) is 6.92 Å². The summed E-state index contributed by atoms with van der Waals surface area (Å²) in [6.07, 6.45) is 6.75. The van der Waals surface area contributed by atoms with Crippen molar-refractivity contribution in [2.24, 2.45) is 5.73 Å². The molecule has 21 heavy (non-hydrogen) atoms. The lowest BCUT2D eigenvalue weighted by Crippen LogP contribution is -2.57. The van der Waals surface area contributed by atoms with E-state index in [1.54, 1.807) is 6.07 Å². The fourth-order valence-corrected chi connectivity index (χ4v) is 2.83. The normalized spacial score (nSPS) is 18.0. The summed E-state index contributed by atoms with van der Waals surface area (Å²) in [6, 6.07) is 1.63. The molecule has 1 aromatic rings. The van der Waals surface area contributed by atoms with Crippen LogP contribution in [0.2, 0.25) is 0 Å². The standard InChI is InChI=1S/C15H23N3O3/c1-2-7-11-10-12(18-21-11)13(19)17-15(14(16)20)8-5-3-4-6-9-15/h10H,2-9H2,1H3,(H2,16,20)(H,17,19). The van der Waals surface area contributed by atoms with Crippen LogP contribution in [0.1, 0.15) is 68.1 Å². The van der Waals surface area contributed by atoms with Crippen molar-refractivity contribution in [2.45, 2.75) is 63.8 Å². The Labute approximate surface area is 124 Å². The van der Waals surface area contributed by atoms with Crippen LogP contribution in [0, 0.1) is 0 Å². The van der Waals surface area contributed by atoms with Crippen LogP contribution in [-0.4, -0.2) is 22.5 Å². The molecule has 0 aromatic carbocycles. The molecule has 1 heterocycles. The molecule has 1 aliphatic rings. The van der Waals surface area contributed by atoms with Gasteiger partial charge in [-0.05, 0) is 19.3 Å². The van der Waals surface area contributed by atoms with E-state index in [9.17, 15) is 9.59 Å². The number of nitrogens with two attached hydrogens (primary N) is 1. The van der Waals surface area contributed by atoms with Gasteiger partial charge in [0.05, 0.1) is 0 Å². The van der Waals surface area contributed by atoms with Gasteiger partial charge in [0.25, 0.3) is 5.91 Å². The summed E-state index contributed by atoms with van der Waals surface area (Å²) in [4.78, 5) is 24.2. The number of aromatic nitrogens is 1. The summed E-state index contributed by atoms with van der Waals surface area (Å²) in [5.74, 6) is -0.173. The van der Waals surface area contributed by atoms with E-state index < -0.39 is 11.4 Å². The van der Waals surface area contributed by atoms with Crippen molar-refractivity contribution in [3.63, 3.8) is 0 Å². The molecule has 0 saturated heterocycles. The molecule has 0 unspecified atom stereocenters. The maximum atomic E-state index is 12.3. The van der Waals surface area contributed by atoms with Crippen molar-refractivity contribution < 1.29 is 14.1 Å². The molecule has 1 aliphatic carbocycles. The minimum Gasteiger partial charge on any atom is -0.368 e. The molecule has 1 aromatic heterocycles. The molecule has 3 N–H and O–H groups in total. The number of nitrogens with zero attached hydrogens (tertiary/aromatic N) is 1. The Balaban J connectivity index is 2.11. The third kappa shape index (κ3) is 3.62. The van der Waals surface area contributed by atoms with Crippen LogP contribution in [0.5, 0.6) is 0 Å². The van der Waals surface area contributed by atoms with Gasteiger partial charge in [0, 0.05) is 12.5 Å². The number of aryl methyl sites for hydroxylation is 1. The highest BCUT2D eigenvalue weighted by Crippen LogP contribution is 2.27. The summed E-state index contributed by atoms with van der Waals surface area (Å²) in [5, 5.41) is 6.58. The molecule has 0 spiro atoms. The van der Waals surface area contributed by atoms with Gasteiger partial charge in [-0.2, -0.15) is 0 Å². The SMILES string of the molecule is CCCc1cc(C(=O)NC2(C(N)=O)CCCCCC2)no1. The van der Waals surface area contributed by atoms with Gasteiger partial charge in [-0.3, -0.25) is 9.59 Å². The Morgan fingerprint density at radius 1 is 1.33 bits per heavy atom. The Hall–Kier alpha value is -1.85. The molecule has 1 saturated carbocycles. The van der Waals surface area contributed by atoms with Gasteiger partial charge in [0.15, 0.2) is 5.69 Å². The van der Waals surface area contributed by atoms with Gasteiger partial charge in [-0.15, -0.1) is 0 Å². The van der Waals surface area contributed by atoms with E-state index in [1.165, 1.54) is 0 Å². The Morgan fingerprint density at radius 3 is 2.57 bits per heavy atom. The summed E-state index contributed by atoms with van der Waals surface area (Å²) in [5.41, 5.74) is 4.82. The van der Waals surface area contributed by atoms with Crippen LogP contribution < -0.4 is 11.1 Å². The third-order valence-electron chi connectivity index (χ3n) is 4.07. The van der Waals surface area contributed by atoms with Crippen molar-refractivity contribution in [3.8, 4) is 0 Å². The molecule has 116 valence electrons. The van der Waals surface area contributed by atoms with Crippen molar-refractivity contribution >= 4 is 11.8 Å². The molecule has 0 bridgehead atoms. The fourth-order valence-electron chi connectivity index (χ4n) is 2.83. The van der Waals surface area contributed by atoms with E-state index in [-0.39, 0.29) is 11.6 Å². The lowest BCUT2D eigenvalue weighted by Gasteiger charge is -2.30. The first-order valence-electron chi connectivity index (χ1n) is 7.65. The molecule has 0 aliphatic heterocycles. The highest BCUT2D eigenvalue weighted by Gasteiger charge is 2.38. The largest absolute Gasteiger partial charge is 0.368 e. The predicted octanol–water partition coefficient (Wildman–Crippen LogP) is 1.94. The van der Waals surface area contributed by atoms with Crippen LogP contribution in [0.25, 0.3) is 0 Å². The number of hydrogen-bond acceptors (Lipinski definition) is 4. The van der Waals surface area contributed by atoms with E-state index in [4.69, 9.17) is 10.3 Å². The second kappa shape index (κ2) is 6.74. The number of nitrogens with one attached hydrogen (secondary N) is 1. The average molecular weight is 293 g/mol. The monoisotopic (exact) mass is 293 g/mol. The van der Waals surface area contributed by atoms with Gasteiger partial charge >= 0.3 is 0 Å². The molecular weight excluding hydrogens is 270 g/mol. The third-order valence-corrected chi connectivity index (χ3v) is 4.07. The maximum Gasteiger partial charge on any atom is 0.274 e. The number of carbonyl (C=O) groups is 2. The first-order chi connectivity index (χ1) is 10.1. The van der Waals surface area contributed by atoms with Gasteiger partial charge in [0.2, 0.25) is 5.91 Å². The molecule has 1 fully saturated rings. The number of carbonyl (C=O) groups excluding carboxylic acids is 2. The van der Waals surface area contributed by atoms with Crippen LogP contribution in [-0.2, 0) is 11.2 Å². The number of rotatable bonds is 5. The zero-order chi connectivity index (χ0) is 15.3. The van der Waals surface area contributed by atoms with Crippen molar-refractivity contribution in [3.05, 3.63) is 17.5 Å². The van der Waals surface area contributed by atoms with Crippen LogP contribution in [0.3, 0.4) is 0 Å². The Bertz CT molecular complexity index is 502. The molecule has 2 amide bonds. The summed E-state index contributed by atoms with van der Waals surface area (Å²) in [6.45, 7) is 2.02. The minimum absolute atomic E-state index is 0.211. The second-order valence-corrected chi connectivity index (χ2v) is 5.74. The predicted molar refractivity (Wildman–Crippen MR) is 77.6 cm³/mol. The number of primary amides is 1. The van der Waals surface area contributed by atoms with Crippen molar-refractivity contribution in [1.29, 1.82) is 0 Å². The van der Waals surface area contributed by atoms with Crippen LogP contribution in [0.4, 0.5) is 0 Å². The molecule has 0 atom stereocenters. The molecule has 0 radical (unpaired) electrons. The van der Waals surface area contributed by atoms with Gasteiger partial charge in [-0.1, -0.05) is 37.8 Å². The molecule has 6 nitrogen and oxygen atoms in total. The van der Waals surface area contributed by atoms with Crippen LogP contribution >= 0.6 is 0 Å².